The Kier molecular flexibility index (Phi) is 4.72. The molecule has 0 bridgehead atoms. The van der Waals surface area contributed by atoms with Crippen molar-refractivity contribution in [1.29, 1.82) is 0 Å². The third-order valence-corrected chi connectivity index (χ3v) is 4.35. The highest BCUT2D eigenvalue weighted by atomic mass is 16.5. The lowest BCUT2D eigenvalue weighted by Gasteiger charge is -2.26. The molecule has 1 aromatic heterocycles. The van der Waals surface area contributed by atoms with Gasteiger partial charge in [-0.2, -0.15) is 4.98 Å². The zero-order valence-corrected chi connectivity index (χ0v) is 12.2. The highest BCUT2D eigenvalue weighted by Crippen LogP contribution is 2.36. The van der Waals surface area contributed by atoms with Crippen LogP contribution in [0.1, 0.15) is 82.8 Å². The zero-order chi connectivity index (χ0) is 13.8. The van der Waals surface area contributed by atoms with Crippen LogP contribution >= 0.6 is 0 Å². The number of ketones is 1. The Morgan fingerprint density at radius 1 is 1.37 bits per heavy atom. The molecule has 1 aromatic rings. The van der Waals surface area contributed by atoms with Crippen LogP contribution < -0.4 is 0 Å². The highest BCUT2D eigenvalue weighted by Gasteiger charge is 2.27. The molecule has 0 aliphatic heterocycles. The minimum atomic E-state index is -0.280. The number of Topliss-reactive ketones (excluding diaryl/α,β-unsaturated/α-hetero) is 1. The highest BCUT2D eigenvalue weighted by molar-refractivity contribution is 5.81. The van der Waals surface area contributed by atoms with E-state index in [1.807, 2.05) is 6.92 Å². The van der Waals surface area contributed by atoms with Crippen molar-refractivity contribution in [3.05, 3.63) is 11.7 Å². The molecule has 0 N–H and O–H groups in total. The molecule has 1 unspecified atom stereocenters. The van der Waals surface area contributed by atoms with Gasteiger partial charge in [0.25, 0.3) is 0 Å². The fraction of sp³-hybridized carbons (Fsp3) is 0.800. The molecule has 4 nitrogen and oxygen atoms in total. The molecule has 1 atom stereocenters. The maximum atomic E-state index is 11.3. The molecule has 0 aromatic carbocycles. The summed E-state index contributed by atoms with van der Waals surface area (Å²) in [6.07, 6.45) is 7.45. The van der Waals surface area contributed by atoms with Crippen molar-refractivity contribution in [3.8, 4) is 0 Å². The Balaban J connectivity index is 1.95. The van der Waals surface area contributed by atoms with Gasteiger partial charge in [0.15, 0.2) is 5.82 Å². The fourth-order valence-electron chi connectivity index (χ4n) is 2.88. The van der Waals surface area contributed by atoms with E-state index in [1.165, 1.54) is 25.7 Å². The van der Waals surface area contributed by atoms with Crippen LogP contribution in [0.5, 0.6) is 0 Å². The number of carbonyl (C=O) groups is 1. The van der Waals surface area contributed by atoms with E-state index in [0.29, 0.717) is 11.8 Å². The second-order valence-electron chi connectivity index (χ2n) is 5.83. The Hall–Kier alpha value is -1.19. The summed E-state index contributed by atoms with van der Waals surface area (Å²) < 4.78 is 5.23. The van der Waals surface area contributed by atoms with Gasteiger partial charge in [0.2, 0.25) is 5.89 Å². The van der Waals surface area contributed by atoms with Gasteiger partial charge < -0.3 is 4.52 Å². The average molecular weight is 264 g/mol. The van der Waals surface area contributed by atoms with Crippen LogP contribution in [0.4, 0.5) is 0 Å². The number of hydrogen-bond donors (Lipinski definition) is 0. The number of hydrogen-bond acceptors (Lipinski definition) is 4. The molecule has 1 heterocycles. The predicted molar refractivity (Wildman–Crippen MR) is 73.0 cm³/mol. The summed E-state index contributed by atoms with van der Waals surface area (Å²) in [5.74, 6) is 2.37. The minimum Gasteiger partial charge on any atom is -0.339 e. The van der Waals surface area contributed by atoms with Gasteiger partial charge in [-0.25, -0.2) is 0 Å². The van der Waals surface area contributed by atoms with Crippen LogP contribution in [-0.4, -0.2) is 15.9 Å². The molecule has 1 aliphatic rings. The van der Waals surface area contributed by atoms with Gasteiger partial charge in [-0.1, -0.05) is 24.9 Å². The van der Waals surface area contributed by atoms with E-state index in [4.69, 9.17) is 4.52 Å². The number of carbonyl (C=O) groups excluding carboxylic acids is 1. The molecule has 1 aliphatic carbocycles. The van der Waals surface area contributed by atoms with E-state index in [1.54, 1.807) is 6.92 Å². The first-order valence-electron chi connectivity index (χ1n) is 7.45. The van der Waals surface area contributed by atoms with Crippen molar-refractivity contribution in [2.24, 2.45) is 5.92 Å². The lowest BCUT2D eigenvalue weighted by atomic mass is 9.80. The number of aromatic nitrogens is 2. The Morgan fingerprint density at radius 2 is 2.05 bits per heavy atom. The van der Waals surface area contributed by atoms with Crippen LogP contribution in [0, 0.1) is 5.92 Å². The summed E-state index contributed by atoms with van der Waals surface area (Å²) in [7, 11) is 0. The van der Waals surface area contributed by atoms with Gasteiger partial charge in [0.05, 0.1) is 5.92 Å². The van der Waals surface area contributed by atoms with Crippen molar-refractivity contribution in [1.82, 2.24) is 10.1 Å². The van der Waals surface area contributed by atoms with Crippen molar-refractivity contribution in [3.63, 3.8) is 0 Å². The van der Waals surface area contributed by atoms with E-state index < -0.39 is 0 Å². The summed E-state index contributed by atoms with van der Waals surface area (Å²) >= 11 is 0. The minimum absolute atomic E-state index is 0.0712. The monoisotopic (exact) mass is 264 g/mol. The van der Waals surface area contributed by atoms with Gasteiger partial charge >= 0.3 is 0 Å². The molecular weight excluding hydrogens is 240 g/mol. The van der Waals surface area contributed by atoms with Crippen molar-refractivity contribution in [2.45, 2.75) is 71.1 Å². The third kappa shape index (κ3) is 3.43. The summed E-state index contributed by atoms with van der Waals surface area (Å²) in [5, 5.41) is 4.08. The van der Waals surface area contributed by atoms with Gasteiger partial charge in [-0.05, 0) is 45.4 Å². The van der Waals surface area contributed by atoms with Gasteiger partial charge in [-0.15, -0.1) is 0 Å². The normalized spacial score (nSPS) is 25.2. The van der Waals surface area contributed by atoms with Gasteiger partial charge in [-0.3, -0.25) is 4.79 Å². The Morgan fingerprint density at radius 3 is 2.63 bits per heavy atom. The number of nitrogens with zero attached hydrogens (tertiary/aromatic N) is 2. The van der Waals surface area contributed by atoms with Crippen molar-refractivity contribution in [2.75, 3.05) is 0 Å². The van der Waals surface area contributed by atoms with E-state index in [0.717, 1.165) is 24.6 Å². The van der Waals surface area contributed by atoms with Crippen LogP contribution in [0.2, 0.25) is 0 Å². The Labute approximate surface area is 115 Å². The van der Waals surface area contributed by atoms with E-state index in [-0.39, 0.29) is 11.7 Å². The molecule has 2 rings (SSSR count). The molecular formula is C15H24N2O2. The SMILES string of the molecule is CCCC1CCC(c2noc(C(C)C(C)=O)n2)CC1. The maximum absolute atomic E-state index is 11.3. The average Bonchev–Trinajstić information content (AvgIpc) is 2.88. The lowest BCUT2D eigenvalue weighted by molar-refractivity contribution is -0.118. The second-order valence-corrected chi connectivity index (χ2v) is 5.83. The summed E-state index contributed by atoms with van der Waals surface area (Å²) in [6.45, 7) is 5.63. The topological polar surface area (TPSA) is 56.0 Å². The van der Waals surface area contributed by atoms with Crippen LogP contribution in [0.15, 0.2) is 4.52 Å². The largest absolute Gasteiger partial charge is 0.339 e. The van der Waals surface area contributed by atoms with Crippen molar-refractivity contribution < 1.29 is 9.32 Å². The number of rotatable bonds is 5. The Bertz CT molecular complexity index is 420. The van der Waals surface area contributed by atoms with Gasteiger partial charge in [0.1, 0.15) is 5.78 Å². The smallest absolute Gasteiger partial charge is 0.236 e. The van der Waals surface area contributed by atoms with Crippen LogP contribution in [0.25, 0.3) is 0 Å². The lowest BCUT2D eigenvalue weighted by Crippen LogP contribution is -2.14. The molecule has 0 saturated heterocycles. The third-order valence-electron chi connectivity index (χ3n) is 4.35. The summed E-state index contributed by atoms with van der Waals surface area (Å²) in [5.41, 5.74) is 0. The van der Waals surface area contributed by atoms with E-state index in [9.17, 15) is 4.79 Å². The van der Waals surface area contributed by atoms with Crippen molar-refractivity contribution >= 4 is 5.78 Å². The quantitative estimate of drug-likeness (QED) is 0.810. The molecule has 4 heteroatoms. The first-order chi connectivity index (χ1) is 9.11. The molecule has 0 amide bonds. The van der Waals surface area contributed by atoms with E-state index in [2.05, 4.69) is 17.1 Å². The molecule has 0 spiro atoms. The summed E-state index contributed by atoms with van der Waals surface area (Å²) in [4.78, 5) is 15.7. The second kappa shape index (κ2) is 6.31. The first-order valence-corrected chi connectivity index (χ1v) is 7.45. The van der Waals surface area contributed by atoms with Gasteiger partial charge in [0, 0.05) is 5.92 Å². The summed E-state index contributed by atoms with van der Waals surface area (Å²) in [6, 6.07) is 0. The fourth-order valence-corrected chi connectivity index (χ4v) is 2.88. The molecule has 0 radical (unpaired) electrons. The standard InChI is InChI=1S/C15H24N2O2/c1-4-5-12-6-8-13(9-7-12)14-16-15(19-17-14)10(2)11(3)18/h10,12-13H,4-9H2,1-3H3. The van der Waals surface area contributed by atoms with E-state index >= 15 is 0 Å². The van der Waals surface area contributed by atoms with Crippen LogP contribution in [0.3, 0.4) is 0 Å². The predicted octanol–water partition coefficient (Wildman–Crippen LogP) is 3.84. The van der Waals surface area contributed by atoms with Crippen LogP contribution in [-0.2, 0) is 4.79 Å². The maximum Gasteiger partial charge on any atom is 0.236 e. The molecule has 1 fully saturated rings. The molecule has 19 heavy (non-hydrogen) atoms. The molecule has 1 saturated carbocycles. The first kappa shape index (κ1) is 14.2. The molecule has 106 valence electrons. The zero-order valence-electron chi connectivity index (χ0n) is 12.2.